The number of carbonyl (C=O) groups is 1. The molecule has 1 amide bonds. The Morgan fingerprint density at radius 1 is 1.38 bits per heavy atom. The Morgan fingerprint density at radius 2 is 2.15 bits per heavy atom. The van der Waals surface area contributed by atoms with Gasteiger partial charge in [-0.1, -0.05) is 35.3 Å². The third-order valence-corrected chi connectivity index (χ3v) is 3.65. The molecule has 132 valence electrons. The largest absolute Gasteiger partial charge is 0.507 e. The Balaban J connectivity index is 1.76. The lowest BCUT2D eigenvalue weighted by Gasteiger charge is -2.10. The number of nitrogens with zero attached hydrogens (tertiary/aromatic N) is 6. The zero-order valence-corrected chi connectivity index (χ0v) is 13.7. The van der Waals surface area contributed by atoms with Crippen molar-refractivity contribution in [2.24, 2.45) is 5.10 Å². The van der Waals surface area contributed by atoms with Gasteiger partial charge in [0.15, 0.2) is 0 Å². The number of benzene rings is 2. The van der Waals surface area contributed by atoms with Crippen molar-refractivity contribution < 1.29 is 14.8 Å². The van der Waals surface area contributed by atoms with E-state index in [0.29, 0.717) is 5.56 Å². The molecule has 1 heterocycles. The summed E-state index contributed by atoms with van der Waals surface area (Å²) >= 11 is 0. The van der Waals surface area contributed by atoms with Crippen molar-refractivity contribution in [2.45, 2.75) is 6.54 Å². The highest BCUT2D eigenvalue weighted by molar-refractivity contribution is 6.02. The Hall–Kier alpha value is -3.82. The fourth-order valence-corrected chi connectivity index (χ4v) is 2.31. The van der Waals surface area contributed by atoms with Gasteiger partial charge in [-0.05, 0) is 21.8 Å². The molecule has 0 aliphatic carbocycles. The number of fused-ring (bicyclic) bond motifs is 1. The standard InChI is InChI=1S/C16H14N6O4/c1-20(15(24)9-21-10-17-16(19-21)22(25)26)18-8-13-12-5-3-2-4-11(12)6-7-14(13)23/h2-8,10,23H,9H2,1H3. The Labute approximate surface area is 147 Å². The van der Waals surface area contributed by atoms with Gasteiger partial charge in [0.05, 0.1) is 6.21 Å². The number of aromatic hydroxyl groups is 1. The number of amides is 1. The van der Waals surface area contributed by atoms with E-state index in [1.54, 1.807) is 12.1 Å². The number of rotatable bonds is 5. The van der Waals surface area contributed by atoms with Crippen LogP contribution >= 0.6 is 0 Å². The zero-order chi connectivity index (χ0) is 18.7. The third kappa shape index (κ3) is 3.48. The number of carbonyl (C=O) groups excluding carboxylic acids is 1. The highest BCUT2D eigenvalue weighted by Crippen LogP contribution is 2.25. The van der Waals surface area contributed by atoms with Crippen LogP contribution in [0.4, 0.5) is 5.95 Å². The maximum absolute atomic E-state index is 12.2. The maximum Gasteiger partial charge on any atom is 0.490 e. The summed E-state index contributed by atoms with van der Waals surface area (Å²) in [5.74, 6) is -0.995. The number of phenolic OH excluding ortho intramolecular Hbond substituents is 1. The summed E-state index contributed by atoms with van der Waals surface area (Å²) < 4.78 is 1.06. The minimum absolute atomic E-state index is 0.0419. The van der Waals surface area contributed by atoms with E-state index >= 15 is 0 Å². The van der Waals surface area contributed by atoms with Crippen molar-refractivity contribution in [3.8, 4) is 5.75 Å². The maximum atomic E-state index is 12.2. The molecule has 26 heavy (non-hydrogen) atoms. The number of aromatic nitrogens is 3. The molecule has 0 saturated heterocycles. The van der Waals surface area contributed by atoms with Gasteiger partial charge in [-0.25, -0.2) is 5.01 Å². The van der Waals surface area contributed by atoms with Crippen molar-refractivity contribution in [2.75, 3.05) is 7.05 Å². The van der Waals surface area contributed by atoms with Crippen LogP contribution in [0.3, 0.4) is 0 Å². The second-order valence-corrected chi connectivity index (χ2v) is 5.38. The average molecular weight is 354 g/mol. The van der Waals surface area contributed by atoms with E-state index in [1.165, 1.54) is 13.3 Å². The quantitative estimate of drug-likeness (QED) is 0.421. The molecule has 0 saturated carbocycles. The van der Waals surface area contributed by atoms with Crippen LogP contribution in [0.5, 0.6) is 5.75 Å². The fraction of sp³-hybridized carbons (Fsp3) is 0.125. The summed E-state index contributed by atoms with van der Waals surface area (Å²) in [5.41, 5.74) is 0.485. The van der Waals surface area contributed by atoms with Crippen LogP contribution in [0.15, 0.2) is 47.8 Å². The molecule has 1 aromatic heterocycles. The highest BCUT2D eigenvalue weighted by atomic mass is 16.6. The van der Waals surface area contributed by atoms with E-state index in [1.807, 2.05) is 24.3 Å². The molecule has 3 aromatic rings. The first-order valence-corrected chi connectivity index (χ1v) is 7.51. The van der Waals surface area contributed by atoms with Crippen LogP contribution in [-0.2, 0) is 11.3 Å². The topological polar surface area (TPSA) is 127 Å². The van der Waals surface area contributed by atoms with E-state index < -0.39 is 16.8 Å². The van der Waals surface area contributed by atoms with Crippen LogP contribution < -0.4 is 0 Å². The molecular formula is C16H14N6O4. The summed E-state index contributed by atoms with van der Waals surface area (Å²) in [7, 11) is 1.44. The Kier molecular flexibility index (Phi) is 4.56. The van der Waals surface area contributed by atoms with Crippen LogP contribution in [0.1, 0.15) is 5.56 Å². The molecule has 1 N–H and O–H groups in total. The van der Waals surface area contributed by atoms with Gasteiger partial charge in [-0.15, -0.1) is 0 Å². The van der Waals surface area contributed by atoms with Gasteiger partial charge < -0.3 is 15.2 Å². The minimum Gasteiger partial charge on any atom is -0.507 e. The molecule has 0 aliphatic heterocycles. The van der Waals surface area contributed by atoms with E-state index in [9.17, 15) is 20.0 Å². The van der Waals surface area contributed by atoms with E-state index in [0.717, 1.165) is 26.8 Å². The smallest absolute Gasteiger partial charge is 0.490 e. The summed E-state index contributed by atoms with van der Waals surface area (Å²) in [6, 6.07) is 10.8. The van der Waals surface area contributed by atoms with Gasteiger partial charge in [0, 0.05) is 17.7 Å². The van der Waals surface area contributed by atoms with Crippen molar-refractivity contribution >= 4 is 28.8 Å². The molecule has 0 aliphatic rings. The molecule has 0 fully saturated rings. The molecule has 3 rings (SSSR count). The van der Waals surface area contributed by atoms with Crippen molar-refractivity contribution in [3.63, 3.8) is 0 Å². The zero-order valence-electron chi connectivity index (χ0n) is 13.7. The first-order valence-electron chi connectivity index (χ1n) is 7.51. The molecule has 0 bridgehead atoms. The molecule has 0 radical (unpaired) electrons. The number of nitro groups is 1. The molecule has 0 atom stereocenters. The minimum atomic E-state index is -0.744. The fourth-order valence-electron chi connectivity index (χ4n) is 2.31. The van der Waals surface area contributed by atoms with Gasteiger partial charge in [0.2, 0.25) is 6.33 Å². The molecule has 0 spiro atoms. The SMILES string of the molecule is CN(N=Cc1c(O)ccc2ccccc12)C(=O)Cn1cnc([N+](=O)[O-])n1. The van der Waals surface area contributed by atoms with Gasteiger partial charge in [-0.2, -0.15) is 9.78 Å². The lowest BCUT2D eigenvalue weighted by atomic mass is 10.0. The van der Waals surface area contributed by atoms with Gasteiger partial charge in [0.25, 0.3) is 5.91 Å². The number of hydrogen-bond donors (Lipinski definition) is 1. The highest BCUT2D eigenvalue weighted by Gasteiger charge is 2.17. The first kappa shape index (κ1) is 17.0. The molecule has 10 heteroatoms. The van der Waals surface area contributed by atoms with E-state index in [2.05, 4.69) is 15.2 Å². The number of phenols is 1. The second kappa shape index (κ2) is 6.97. The number of hydrazone groups is 1. The molecule has 0 unspecified atom stereocenters. The van der Waals surface area contributed by atoms with Crippen LogP contribution in [0, 0.1) is 10.1 Å². The first-order chi connectivity index (χ1) is 12.5. The monoisotopic (exact) mass is 354 g/mol. The summed E-state index contributed by atoms with van der Waals surface area (Å²) in [6.07, 6.45) is 2.49. The second-order valence-electron chi connectivity index (χ2n) is 5.38. The van der Waals surface area contributed by atoms with Crippen LogP contribution in [-0.4, -0.2) is 49.0 Å². The van der Waals surface area contributed by atoms with Crippen LogP contribution in [0.25, 0.3) is 10.8 Å². The van der Waals surface area contributed by atoms with E-state index in [4.69, 9.17) is 0 Å². The Bertz CT molecular complexity index is 1010. The lowest BCUT2D eigenvalue weighted by Crippen LogP contribution is -2.26. The van der Waals surface area contributed by atoms with Crippen LogP contribution in [0.2, 0.25) is 0 Å². The number of likely N-dealkylation sites (N-methyl/N-ethyl adjacent to an activating group) is 1. The van der Waals surface area contributed by atoms with Crippen molar-refractivity contribution in [1.82, 2.24) is 19.8 Å². The van der Waals surface area contributed by atoms with Crippen molar-refractivity contribution in [1.29, 1.82) is 0 Å². The lowest BCUT2D eigenvalue weighted by molar-refractivity contribution is -0.394. The molecule has 2 aromatic carbocycles. The summed E-state index contributed by atoms with van der Waals surface area (Å²) in [5, 5.41) is 31.0. The molecular weight excluding hydrogens is 340 g/mol. The van der Waals surface area contributed by atoms with E-state index in [-0.39, 0.29) is 12.3 Å². The normalized spacial score (nSPS) is 11.1. The third-order valence-electron chi connectivity index (χ3n) is 3.65. The van der Waals surface area contributed by atoms with Gasteiger partial charge in [0.1, 0.15) is 12.3 Å². The molecule has 10 nitrogen and oxygen atoms in total. The van der Waals surface area contributed by atoms with Gasteiger partial charge >= 0.3 is 5.95 Å². The predicted octanol–water partition coefficient (Wildman–Crippen LogP) is 1.54. The summed E-state index contributed by atoms with van der Waals surface area (Å²) in [6.45, 7) is -0.254. The van der Waals surface area contributed by atoms with Crippen molar-refractivity contribution in [3.05, 3.63) is 58.4 Å². The van der Waals surface area contributed by atoms with Gasteiger partial charge in [-0.3, -0.25) is 4.79 Å². The Morgan fingerprint density at radius 3 is 2.88 bits per heavy atom. The summed E-state index contributed by atoms with van der Waals surface area (Å²) in [4.78, 5) is 25.4. The average Bonchev–Trinajstić information content (AvgIpc) is 3.09. The number of hydrogen-bond acceptors (Lipinski definition) is 7. The predicted molar refractivity (Wildman–Crippen MR) is 92.7 cm³/mol.